The van der Waals surface area contributed by atoms with E-state index in [1.54, 1.807) is 12.1 Å². The van der Waals surface area contributed by atoms with Gasteiger partial charge in [-0.2, -0.15) is 0 Å². The zero-order chi connectivity index (χ0) is 15.5. The van der Waals surface area contributed by atoms with E-state index in [9.17, 15) is 14.3 Å². The molecular weight excluding hydrogens is 280 g/mol. The third-order valence-corrected chi connectivity index (χ3v) is 3.77. The number of benzene rings is 2. The second kappa shape index (κ2) is 6.02. The Bertz CT molecular complexity index is 806. The third-order valence-electron chi connectivity index (χ3n) is 3.77. The van der Waals surface area contributed by atoms with E-state index in [4.69, 9.17) is 0 Å². The number of ketones is 1. The fraction of sp³-hybridized carbons (Fsp3) is 0.167. The number of aromatic amines is 1. The van der Waals surface area contributed by atoms with Gasteiger partial charge in [0.15, 0.2) is 5.78 Å². The van der Waals surface area contributed by atoms with E-state index < -0.39 is 0 Å². The van der Waals surface area contributed by atoms with Crippen LogP contribution in [0.15, 0.2) is 48.7 Å². The summed E-state index contributed by atoms with van der Waals surface area (Å²) in [7, 11) is 0. The van der Waals surface area contributed by atoms with Crippen molar-refractivity contribution in [2.75, 3.05) is 0 Å². The number of phenols is 1. The summed E-state index contributed by atoms with van der Waals surface area (Å²) in [4.78, 5) is 15.2. The lowest BCUT2D eigenvalue weighted by atomic mass is 10.0. The lowest BCUT2D eigenvalue weighted by Crippen LogP contribution is -1.99. The molecule has 112 valence electrons. The summed E-state index contributed by atoms with van der Waals surface area (Å²) in [5.74, 6) is -0.0893. The SMILES string of the molecule is O=C(CCCc1c[nH]c2ccc(O)cc12)c1ccc([18F])cc1. The minimum absolute atomic E-state index is 0.0164. The summed E-state index contributed by atoms with van der Waals surface area (Å²) in [5, 5.41) is 10.5. The van der Waals surface area contributed by atoms with Crippen molar-refractivity contribution in [3.05, 3.63) is 65.6 Å². The van der Waals surface area contributed by atoms with E-state index >= 15 is 0 Å². The van der Waals surface area contributed by atoms with Crippen LogP contribution in [0.25, 0.3) is 10.9 Å². The van der Waals surface area contributed by atoms with Crippen molar-refractivity contribution in [3.8, 4) is 5.75 Å². The molecule has 2 N–H and O–H groups in total. The van der Waals surface area contributed by atoms with Crippen LogP contribution < -0.4 is 0 Å². The van der Waals surface area contributed by atoms with Crippen molar-refractivity contribution >= 4 is 16.7 Å². The lowest BCUT2D eigenvalue weighted by Gasteiger charge is -2.02. The van der Waals surface area contributed by atoms with Crippen molar-refractivity contribution in [1.82, 2.24) is 4.98 Å². The summed E-state index contributed by atoms with van der Waals surface area (Å²) in [6, 6.07) is 10.8. The molecule has 0 fully saturated rings. The van der Waals surface area contributed by atoms with Gasteiger partial charge in [-0.3, -0.25) is 4.79 Å². The summed E-state index contributed by atoms with van der Waals surface area (Å²) in [5.41, 5.74) is 2.59. The minimum atomic E-state index is -0.338. The predicted octanol–water partition coefficient (Wildman–Crippen LogP) is 4.22. The third kappa shape index (κ3) is 3.01. The number of fused-ring (bicyclic) bond motifs is 1. The zero-order valence-electron chi connectivity index (χ0n) is 12.0. The number of nitrogens with one attached hydrogen (secondary N) is 1. The number of aryl methyl sites for hydroxylation is 1. The molecule has 0 bridgehead atoms. The maximum Gasteiger partial charge on any atom is 0.162 e. The van der Waals surface area contributed by atoms with Crippen molar-refractivity contribution in [2.24, 2.45) is 0 Å². The predicted molar refractivity (Wildman–Crippen MR) is 83.6 cm³/mol. The number of phenolic OH excluding ortho intramolecular Hbond substituents is 1. The fourth-order valence-electron chi connectivity index (χ4n) is 2.59. The summed E-state index contributed by atoms with van der Waals surface area (Å²) >= 11 is 0. The van der Waals surface area contributed by atoms with E-state index in [1.165, 1.54) is 24.3 Å². The molecule has 3 nitrogen and oxygen atoms in total. The Morgan fingerprint density at radius 3 is 2.68 bits per heavy atom. The number of aromatic hydroxyl groups is 1. The highest BCUT2D eigenvalue weighted by Crippen LogP contribution is 2.24. The molecule has 3 rings (SSSR count). The normalized spacial score (nSPS) is 11.0. The Morgan fingerprint density at radius 2 is 1.91 bits per heavy atom. The molecule has 1 heterocycles. The standard InChI is InChI=1S/C18H16FNO2/c19-14-6-4-12(5-7-14)18(22)3-1-2-13-11-20-17-9-8-15(21)10-16(13)17/h4-11,20-21H,1-3H2/i19-1. The van der Waals surface area contributed by atoms with Crippen LogP contribution in [0.1, 0.15) is 28.8 Å². The van der Waals surface area contributed by atoms with Gasteiger partial charge in [0.25, 0.3) is 0 Å². The molecule has 0 unspecified atom stereocenters. The van der Waals surface area contributed by atoms with E-state index in [0.717, 1.165) is 22.9 Å². The number of H-pyrrole nitrogens is 1. The summed E-state index contributed by atoms with van der Waals surface area (Å²) in [6.45, 7) is 0. The molecule has 0 radical (unpaired) electrons. The van der Waals surface area contributed by atoms with Gasteiger partial charge in [0.1, 0.15) is 11.6 Å². The second-order valence-electron chi connectivity index (χ2n) is 5.33. The Hall–Kier alpha value is -2.62. The Morgan fingerprint density at radius 1 is 1.14 bits per heavy atom. The molecule has 0 amide bonds. The molecule has 0 aliphatic carbocycles. The van der Waals surface area contributed by atoms with Crippen LogP contribution >= 0.6 is 0 Å². The van der Waals surface area contributed by atoms with Crippen molar-refractivity contribution in [2.45, 2.75) is 19.3 Å². The molecule has 0 atom stereocenters. The minimum Gasteiger partial charge on any atom is -0.508 e. The van der Waals surface area contributed by atoms with Crippen molar-refractivity contribution in [1.29, 1.82) is 0 Å². The smallest absolute Gasteiger partial charge is 0.162 e. The van der Waals surface area contributed by atoms with Crippen LogP contribution in [0.5, 0.6) is 5.75 Å². The Labute approximate surface area is 127 Å². The maximum atomic E-state index is 12.8. The number of carbonyl (C=O) groups is 1. The van der Waals surface area contributed by atoms with Crippen molar-refractivity contribution < 1.29 is 14.3 Å². The average Bonchev–Trinajstić information content (AvgIpc) is 2.90. The quantitative estimate of drug-likeness (QED) is 0.693. The van der Waals surface area contributed by atoms with Gasteiger partial charge in [0.2, 0.25) is 0 Å². The highest BCUT2D eigenvalue weighted by molar-refractivity contribution is 5.96. The first-order chi connectivity index (χ1) is 10.6. The van der Waals surface area contributed by atoms with Crippen LogP contribution in [0.4, 0.5) is 4.39 Å². The number of rotatable bonds is 5. The lowest BCUT2D eigenvalue weighted by molar-refractivity contribution is 0.0980. The van der Waals surface area contributed by atoms with E-state index in [1.807, 2.05) is 12.3 Å². The number of hydrogen-bond donors (Lipinski definition) is 2. The van der Waals surface area contributed by atoms with Crippen LogP contribution in [0.3, 0.4) is 0 Å². The van der Waals surface area contributed by atoms with Gasteiger partial charge < -0.3 is 10.1 Å². The molecule has 22 heavy (non-hydrogen) atoms. The topological polar surface area (TPSA) is 53.1 Å². The second-order valence-corrected chi connectivity index (χ2v) is 5.33. The number of aromatic nitrogens is 1. The molecule has 1 aromatic heterocycles. The van der Waals surface area contributed by atoms with E-state index in [0.29, 0.717) is 18.4 Å². The molecule has 0 aliphatic rings. The highest BCUT2D eigenvalue weighted by Gasteiger charge is 2.08. The van der Waals surface area contributed by atoms with Crippen LogP contribution in [-0.4, -0.2) is 15.9 Å². The molecule has 0 spiro atoms. The van der Waals surface area contributed by atoms with Gasteiger partial charge in [-0.15, -0.1) is 0 Å². The van der Waals surface area contributed by atoms with E-state index in [2.05, 4.69) is 4.98 Å². The summed E-state index contributed by atoms with van der Waals surface area (Å²) < 4.78 is 12.8. The van der Waals surface area contributed by atoms with Gasteiger partial charge in [0.05, 0.1) is 0 Å². The van der Waals surface area contributed by atoms with Crippen LogP contribution in [-0.2, 0) is 6.42 Å². The number of carbonyl (C=O) groups excluding carboxylic acids is 1. The van der Waals surface area contributed by atoms with Crippen molar-refractivity contribution in [3.63, 3.8) is 0 Å². The van der Waals surface area contributed by atoms with Gasteiger partial charge in [-0.1, -0.05) is 0 Å². The number of Topliss-reactive ketones (excluding diaryl/α,β-unsaturated/α-hetero) is 1. The number of hydrogen-bond acceptors (Lipinski definition) is 2. The molecule has 2 aromatic carbocycles. The molecule has 3 aromatic rings. The van der Waals surface area contributed by atoms with Gasteiger partial charge in [-0.05, 0) is 60.9 Å². The van der Waals surface area contributed by atoms with Crippen LogP contribution in [0, 0.1) is 5.82 Å². The van der Waals surface area contributed by atoms with Crippen LogP contribution in [0.2, 0.25) is 0 Å². The zero-order valence-corrected chi connectivity index (χ0v) is 12.0. The number of halogens is 1. The largest absolute Gasteiger partial charge is 0.508 e. The molecule has 4 heteroatoms. The first kappa shape index (κ1) is 14.3. The molecule has 0 saturated heterocycles. The maximum absolute atomic E-state index is 12.8. The fourth-order valence-corrected chi connectivity index (χ4v) is 2.59. The van der Waals surface area contributed by atoms with Gasteiger partial charge in [0, 0.05) is 29.1 Å². The first-order valence-electron chi connectivity index (χ1n) is 7.21. The molecule has 0 aliphatic heterocycles. The van der Waals surface area contributed by atoms with Gasteiger partial charge >= 0.3 is 0 Å². The van der Waals surface area contributed by atoms with Gasteiger partial charge in [-0.25, -0.2) is 4.39 Å². The molecule has 0 saturated carbocycles. The first-order valence-corrected chi connectivity index (χ1v) is 7.21. The monoisotopic (exact) mass is 296 g/mol. The highest BCUT2D eigenvalue weighted by atomic mass is 18.2. The average molecular weight is 296 g/mol. The Balaban J connectivity index is 1.63. The molecular formula is C18H16FNO2. The summed E-state index contributed by atoms with van der Waals surface area (Å²) in [6.07, 6.45) is 3.78. The Kier molecular flexibility index (Phi) is 3.92. The van der Waals surface area contributed by atoms with E-state index in [-0.39, 0.29) is 17.3 Å².